The van der Waals surface area contributed by atoms with Crippen LogP contribution in [0.2, 0.25) is 0 Å². The molecule has 15 rings (SSSR count). The van der Waals surface area contributed by atoms with Gasteiger partial charge in [0.25, 0.3) is 0 Å². The SMILES string of the molecule is c1ccc(-n2c3ccccc3c3c(-c4nc5ccccc5nc4-c4ccc5c(-n6c7cc(-n8c9ccccc9c9ccccc98)ccc7c7cc8ccccc8cc76)cccc5c4)cccc32)cc1. The Balaban J connectivity index is 0.967. The molecule has 0 aliphatic carbocycles. The summed E-state index contributed by atoms with van der Waals surface area (Å²) in [6.45, 7) is 0. The molecule has 5 nitrogen and oxygen atoms in total. The molecule has 15 aromatic rings. The maximum atomic E-state index is 5.48. The topological polar surface area (TPSA) is 40.6 Å². The smallest absolute Gasteiger partial charge is 0.0980 e. The Kier molecular flexibility index (Phi) is 8.00. The van der Waals surface area contributed by atoms with Crippen molar-refractivity contribution in [3.8, 4) is 39.6 Å². The third-order valence-corrected chi connectivity index (χ3v) is 14.4. The Morgan fingerprint density at radius 2 is 0.826 bits per heavy atom. The molecule has 4 heterocycles. The van der Waals surface area contributed by atoms with E-state index in [0.29, 0.717) is 0 Å². The highest BCUT2D eigenvalue weighted by Crippen LogP contribution is 2.43. The molecule has 0 saturated heterocycles. The van der Waals surface area contributed by atoms with Gasteiger partial charge < -0.3 is 13.7 Å². The summed E-state index contributed by atoms with van der Waals surface area (Å²) in [7, 11) is 0. The van der Waals surface area contributed by atoms with Crippen molar-refractivity contribution in [2.24, 2.45) is 0 Å². The summed E-state index contributed by atoms with van der Waals surface area (Å²) >= 11 is 0. The summed E-state index contributed by atoms with van der Waals surface area (Å²) < 4.78 is 7.27. The molecule has 0 aliphatic rings. The van der Waals surface area contributed by atoms with Crippen LogP contribution in [-0.4, -0.2) is 23.7 Å². The lowest BCUT2D eigenvalue weighted by molar-refractivity contribution is 1.16. The fourth-order valence-corrected chi connectivity index (χ4v) is 11.4. The number of nitrogens with zero attached hydrogens (tertiary/aromatic N) is 5. The minimum absolute atomic E-state index is 0.851. The maximum absolute atomic E-state index is 5.48. The predicted octanol–water partition coefficient (Wildman–Crippen LogP) is 16.6. The number of para-hydroxylation sites is 6. The van der Waals surface area contributed by atoms with Gasteiger partial charge in [-0.25, -0.2) is 9.97 Å². The number of fused-ring (bicyclic) bond motifs is 12. The second-order valence-corrected chi connectivity index (χ2v) is 18.1. The van der Waals surface area contributed by atoms with Crippen LogP contribution < -0.4 is 0 Å². The van der Waals surface area contributed by atoms with Crippen molar-refractivity contribution in [2.75, 3.05) is 0 Å². The van der Waals surface area contributed by atoms with Crippen molar-refractivity contribution in [1.29, 1.82) is 0 Å². The van der Waals surface area contributed by atoms with Gasteiger partial charge >= 0.3 is 0 Å². The van der Waals surface area contributed by atoms with Crippen molar-refractivity contribution in [1.82, 2.24) is 23.7 Å². The van der Waals surface area contributed by atoms with Crippen LogP contribution >= 0.6 is 0 Å². The highest BCUT2D eigenvalue weighted by molar-refractivity contribution is 6.18. The van der Waals surface area contributed by atoms with Crippen LogP contribution in [-0.2, 0) is 0 Å². The molecule has 0 aliphatic heterocycles. The molecule has 0 atom stereocenters. The van der Waals surface area contributed by atoms with E-state index in [-0.39, 0.29) is 0 Å². The second-order valence-electron chi connectivity index (χ2n) is 18.1. The van der Waals surface area contributed by atoms with E-state index in [2.05, 4.69) is 238 Å². The Labute approximate surface area is 396 Å². The van der Waals surface area contributed by atoms with Gasteiger partial charge in [-0.3, -0.25) is 0 Å². The number of benzene rings is 11. The molecular weight excluding hydrogens is 839 g/mol. The summed E-state index contributed by atoms with van der Waals surface area (Å²) in [5.74, 6) is 0. The van der Waals surface area contributed by atoms with Gasteiger partial charge in [0, 0.05) is 60.2 Å². The summed E-state index contributed by atoms with van der Waals surface area (Å²) in [5, 5.41) is 12.0. The highest BCUT2D eigenvalue weighted by atomic mass is 15.0. The summed E-state index contributed by atoms with van der Waals surface area (Å²) in [4.78, 5) is 10.9. The maximum Gasteiger partial charge on any atom is 0.0980 e. The molecule has 0 saturated carbocycles. The van der Waals surface area contributed by atoms with Crippen molar-refractivity contribution >= 4 is 98.0 Å². The number of rotatable bonds is 5. The van der Waals surface area contributed by atoms with E-state index in [1.807, 2.05) is 12.1 Å². The zero-order valence-electron chi connectivity index (χ0n) is 37.3. The zero-order valence-corrected chi connectivity index (χ0v) is 37.3. The molecular formula is C64H39N5. The largest absolute Gasteiger partial charge is 0.309 e. The van der Waals surface area contributed by atoms with Crippen LogP contribution in [0.3, 0.4) is 0 Å². The van der Waals surface area contributed by atoms with Crippen LogP contribution in [0.5, 0.6) is 0 Å². The Bertz CT molecular complexity index is 4560. The van der Waals surface area contributed by atoms with E-state index in [0.717, 1.165) is 83.3 Å². The standard InChI is InChI=1S/C64H39N5/c1-2-19-44(20-3-1)67-58-29-13-8-23-50(58)62-51(24-15-31-59(62)67)64-63(65-53-25-9-10-26-54(53)66-64)43-32-34-46-42(36-43)18-14-30-55(46)69-60-38-41-17-5-4-16-40(41)37-52(60)49-35-33-45(39-61(49)69)68-56-27-11-6-21-47(56)48-22-7-12-28-57(48)68/h1-39H. The Hall–Kier alpha value is -9.32. The van der Waals surface area contributed by atoms with E-state index in [1.54, 1.807) is 0 Å². The zero-order chi connectivity index (χ0) is 45.2. The van der Waals surface area contributed by atoms with Gasteiger partial charge in [0.05, 0.1) is 61.2 Å². The number of aromatic nitrogens is 5. The summed E-state index contributed by atoms with van der Waals surface area (Å²) in [6, 6.07) is 85.6. The fourth-order valence-electron chi connectivity index (χ4n) is 11.4. The molecule has 0 N–H and O–H groups in total. The molecule has 5 heteroatoms. The first kappa shape index (κ1) is 37.9. The molecule has 4 aromatic heterocycles. The van der Waals surface area contributed by atoms with E-state index >= 15 is 0 Å². The third-order valence-electron chi connectivity index (χ3n) is 14.4. The van der Waals surface area contributed by atoms with Gasteiger partial charge in [-0.05, 0) is 101 Å². The van der Waals surface area contributed by atoms with Gasteiger partial charge in [-0.1, -0.05) is 152 Å². The van der Waals surface area contributed by atoms with Crippen LogP contribution in [0, 0.1) is 0 Å². The van der Waals surface area contributed by atoms with Gasteiger partial charge in [0.1, 0.15) is 0 Å². The first-order chi connectivity index (χ1) is 34.2. The molecule has 69 heavy (non-hydrogen) atoms. The van der Waals surface area contributed by atoms with Gasteiger partial charge in [-0.2, -0.15) is 0 Å². The average Bonchev–Trinajstić information content (AvgIpc) is 4.05. The first-order valence-corrected chi connectivity index (χ1v) is 23.6. The molecule has 0 spiro atoms. The molecule has 11 aromatic carbocycles. The molecule has 320 valence electrons. The van der Waals surface area contributed by atoms with Crippen molar-refractivity contribution in [2.45, 2.75) is 0 Å². The lowest BCUT2D eigenvalue weighted by Crippen LogP contribution is -1.99. The quantitative estimate of drug-likeness (QED) is 0.173. The molecule has 0 radical (unpaired) electrons. The van der Waals surface area contributed by atoms with Crippen molar-refractivity contribution in [3.05, 3.63) is 237 Å². The molecule has 0 fully saturated rings. The van der Waals surface area contributed by atoms with E-state index in [4.69, 9.17) is 9.97 Å². The van der Waals surface area contributed by atoms with Gasteiger partial charge in [0.2, 0.25) is 0 Å². The summed E-state index contributed by atoms with van der Waals surface area (Å²) in [5.41, 5.74) is 15.9. The van der Waals surface area contributed by atoms with Crippen LogP contribution in [0.15, 0.2) is 237 Å². The predicted molar refractivity (Wildman–Crippen MR) is 288 cm³/mol. The van der Waals surface area contributed by atoms with E-state index in [9.17, 15) is 0 Å². The fraction of sp³-hybridized carbons (Fsp3) is 0. The lowest BCUT2D eigenvalue weighted by atomic mass is 9.97. The normalized spacial score (nSPS) is 12.1. The minimum Gasteiger partial charge on any atom is -0.309 e. The van der Waals surface area contributed by atoms with Gasteiger partial charge in [0.15, 0.2) is 0 Å². The second kappa shape index (κ2) is 14.6. The van der Waals surface area contributed by atoms with E-state index in [1.165, 1.54) is 54.3 Å². The van der Waals surface area contributed by atoms with Crippen LogP contribution in [0.1, 0.15) is 0 Å². The Morgan fingerprint density at radius 3 is 1.59 bits per heavy atom. The Morgan fingerprint density at radius 1 is 0.275 bits per heavy atom. The van der Waals surface area contributed by atoms with Crippen LogP contribution in [0.4, 0.5) is 0 Å². The number of hydrogen-bond acceptors (Lipinski definition) is 2. The first-order valence-electron chi connectivity index (χ1n) is 23.6. The summed E-state index contributed by atoms with van der Waals surface area (Å²) in [6.07, 6.45) is 0. The minimum atomic E-state index is 0.851. The monoisotopic (exact) mass is 877 g/mol. The number of hydrogen-bond donors (Lipinski definition) is 0. The van der Waals surface area contributed by atoms with Crippen molar-refractivity contribution < 1.29 is 0 Å². The molecule has 0 amide bonds. The van der Waals surface area contributed by atoms with Gasteiger partial charge in [-0.15, -0.1) is 0 Å². The lowest BCUT2D eigenvalue weighted by Gasteiger charge is -2.15. The van der Waals surface area contributed by atoms with Crippen LogP contribution in [0.25, 0.3) is 138 Å². The average molecular weight is 878 g/mol. The molecule has 0 bridgehead atoms. The van der Waals surface area contributed by atoms with Crippen molar-refractivity contribution in [3.63, 3.8) is 0 Å². The van der Waals surface area contributed by atoms with E-state index < -0.39 is 0 Å². The highest BCUT2D eigenvalue weighted by Gasteiger charge is 2.23. The third kappa shape index (κ3) is 5.59. The molecule has 0 unspecified atom stereocenters.